The maximum absolute atomic E-state index is 11.8. The molecule has 0 aliphatic rings. The molecule has 0 spiro atoms. The van der Waals surface area contributed by atoms with Crippen LogP contribution in [-0.2, 0) is 0 Å². The van der Waals surface area contributed by atoms with Crippen molar-refractivity contribution in [2.45, 2.75) is 19.8 Å². The van der Waals surface area contributed by atoms with Crippen LogP contribution in [0.5, 0.6) is 5.75 Å². The standard InChI is InChI=1S/C14H16N4O4S/c1-2-3-8-22-11-6-4-10(5-7-11)16-13(19)17-14-15-9-12(23-14)18(20)21/h4-7,9H,2-3,8H2,1H3,(H2,15,16,17,19). The maximum Gasteiger partial charge on any atom is 0.345 e. The first-order chi connectivity index (χ1) is 11.1. The Kier molecular flexibility index (Phi) is 5.87. The number of carbonyl (C=O) groups excluding carboxylic acids is 1. The summed E-state index contributed by atoms with van der Waals surface area (Å²) in [6.45, 7) is 2.75. The van der Waals surface area contributed by atoms with Crippen molar-refractivity contribution in [1.82, 2.24) is 4.98 Å². The van der Waals surface area contributed by atoms with Crippen molar-refractivity contribution >= 4 is 33.2 Å². The van der Waals surface area contributed by atoms with Gasteiger partial charge in [0, 0.05) is 5.69 Å². The van der Waals surface area contributed by atoms with Crippen molar-refractivity contribution in [2.24, 2.45) is 0 Å². The van der Waals surface area contributed by atoms with E-state index in [4.69, 9.17) is 4.74 Å². The van der Waals surface area contributed by atoms with E-state index in [-0.39, 0.29) is 10.1 Å². The monoisotopic (exact) mass is 336 g/mol. The summed E-state index contributed by atoms with van der Waals surface area (Å²) < 4.78 is 5.53. The number of unbranched alkanes of at least 4 members (excludes halogenated alkanes) is 1. The van der Waals surface area contributed by atoms with Crippen LogP contribution < -0.4 is 15.4 Å². The van der Waals surface area contributed by atoms with Crippen LogP contribution in [0.25, 0.3) is 0 Å². The zero-order valence-electron chi connectivity index (χ0n) is 12.4. The molecular formula is C14H16N4O4S. The molecule has 2 aromatic rings. The summed E-state index contributed by atoms with van der Waals surface area (Å²) >= 11 is 0.791. The third-order valence-electron chi connectivity index (χ3n) is 2.77. The highest BCUT2D eigenvalue weighted by molar-refractivity contribution is 7.18. The van der Waals surface area contributed by atoms with Gasteiger partial charge in [-0.2, -0.15) is 0 Å². The lowest BCUT2D eigenvalue weighted by Crippen LogP contribution is -2.19. The van der Waals surface area contributed by atoms with E-state index in [0.717, 1.165) is 36.1 Å². The number of nitrogens with zero attached hydrogens (tertiary/aromatic N) is 2. The lowest BCUT2D eigenvalue weighted by molar-refractivity contribution is -0.380. The van der Waals surface area contributed by atoms with Gasteiger partial charge >= 0.3 is 11.0 Å². The Morgan fingerprint density at radius 3 is 2.70 bits per heavy atom. The predicted molar refractivity (Wildman–Crippen MR) is 88.3 cm³/mol. The average Bonchev–Trinajstić information content (AvgIpc) is 2.98. The number of hydrogen-bond donors (Lipinski definition) is 2. The summed E-state index contributed by atoms with van der Waals surface area (Å²) in [4.78, 5) is 25.6. The number of hydrogen-bond acceptors (Lipinski definition) is 6. The van der Waals surface area contributed by atoms with Crippen LogP contribution in [0.2, 0.25) is 0 Å². The molecule has 0 atom stereocenters. The first-order valence-electron chi connectivity index (χ1n) is 6.99. The Hall–Kier alpha value is -2.68. The molecule has 0 saturated heterocycles. The summed E-state index contributed by atoms with van der Waals surface area (Å²) in [5.74, 6) is 0.736. The number of anilines is 2. The minimum absolute atomic E-state index is 0.131. The third-order valence-corrected chi connectivity index (χ3v) is 3.64. The number of benzene rings is 1. The molecule has 122 valence electrons. The smallest absolute Gasteiger partial charge is 0.345 e. The Morgan fingerprint density at radius 2 is 2.09 bits per heavy atom. The number of nitrogens with one attached hydrogen (secondary N) is 2. The van der Waals surface area contributed by atoms with Gasteiger partial charge in [0.05, 0.1) is 11.5 Å². The van der Waals surface area contributed by atoms with Crippen molar-refractivity contribution in [3.8, 4) is 5.75 Å². The van der Waals surface area contributed by atoms with Gasteiger partial charge in [-0.05, 0) is 42.0 Å². The molecule has 0 aliphatic heterocycles. The molecule has 1 aromatic heterocycles. The van der Waals surface area contributed by atoms with Crippen LogP contribution in [0.15, 0.2) is 30.5 Å². The fourth-order valence-electron chi connectivity index (χ4n) is 1.64. The minimum atomic E-state index is -0.558. The Labute approximate surface area is 136 Å². The number of rotatable bonds is 7. The molecule has 0 fully saturated rings. The predicted octanol–water partition coefficient (Wildman–Crippen LogP) is 3.87. The molecule has 2 amide bonds. The van der Waals surface area contributed by atoms with Crippen LogP contribution in [0.3, 0.4) is 0 Å². The summed E-state index contributed by atoms with van der Waals surface area (Å²) in [6, 6.07) is 6.43. The zero-order chi connectivity index (χ0) is 16.7. The average molecular weight is 336 g/mol. The topological polar surface area (TPSA) is 106 Å². The maximum atomic E-state index is 11.8. The highest BCUT2D eigenvalue weighted by atomic mass is 32.1. The van der Waals surface area contributed by atoms with Gasteiger partial charge < -0.3 is 10.1 Å². The number of amides is 2. The number of thiazole rings is 1. The first-order valence-corrected chi connectivity index (χ1v) is 7.81. The molecule has 0 saturated carbocycles. The van der Waals surface area contributed by atoms with Gasteiger partial charge in [0.1, 0.15) is 11.9 Å². The second kappa shape index (κ2) is 8.08. The van der Waals surface area contributed by atoms with Crippen LogP contribution in [0, 0.1) is 10.1 Å². The van der Waals surface area contributed by atoms with Crippen molar-refractivity contribution in [3.05, 3.63) is 40.6 Å². The minimum Gasteiger partial charge on any atom is -0.494 e. The molecule has 0 unspecified atom stereocenters. The molecule has 1 heterocycles. The number of carbonyl (C=O) groups is 1. The van der Waals surface area contributed by atoms with Crippen LogP contribution in [0.1, 0.15) is 19.8 Å². The number of ether oxygens (including phenoxy) is 1. The SMILES string of the molecule is CCCCOc1ccc(NC(=O)Nc2ncc([N+](=O)[O-])s2)cc1. The van der Waals surface area contributed by atoms with Crippen LogP contribution in [0.4, 0.5) is 20.6 Å². The first kappa shape index (κ1) is 16.7. The normalized spacial score (nSPS) is 10.1. The molecule has 2 N–H and O–H groups in total. The van der Waals surface area contributed by atoms with Gasteiger partial charge in [-0.3, -0.25) is 15.4 Å². The summed E-state index contributed by atoms with van der Waals surface area (Å²) in [5, 5.41) is 15.6. The highest BCUT2D eigenvalue weighted by Crippen LogP contribution is 2.25. The highest BCUT2D eigenvalue weighted by Gasteiger charge is 2.13. The molecule has 2 rings (SSSR count). The van der Waals surface area contributed by atoms with Crippen molar-refractivity contribution < 1.29 is 14.5 Å². The van der Waals surface area contributed by atoms with Gasteiger partial charge in [-0.15, -0.1) is 0 Å². The Bertz CT molecular complexity index is 672. The molecule has 0 aliphatic carbocycles. The quantitative estimate of drug-likeness (QED) is 0.453. The van der Waals surface area contributed by atoms with E-state index in [2.05, 4.69) is 22.5 Å². The van der Waals surface area contributed by atoms with E-state index in [9.17, 15) is 14.9 Å². The number of urea groups is 1. The van der Waals surface area contributed by atoms with Crippen molar-refractivity contribution in [1.29, 1.82) is 0 Å². The van der Waals surface area contributed by atoms with Gasteiger partial charge in [-0.25, -0.2) is 9.78 Å². The molecule has 23 heavy (non-hydrogen) atoms. The lowest BCUT2D eigenvalue weighted by atomic mass is 10.3. The van der Waals surface area contributed by atoms with Crippen LogP contribution in [-0.4, -0.2) is 22.5 Å². The van der Waals surface area contributed by atoms with Gasteiger partial charge in [0.15, 0.2) is 5.13 Å². The third kappa shape index (κ3) is 5.22. The van der Waals surface area contributed by atoms with Crippen LogP contribution >= 0.6 is 11.3 Å². The molecule has 8 nitrogen and oxygen atoms in total. The zero-order valence-corrected chi connectivity index (χ0v) is 13.3. The molecule has 1 aromatic carbocycles. The fraction of sp³-hybridized carbons (Fsp3) is 0.286. The van der Waals surface area contributed by atoms with E-state index < -0.39 is 11.0 Å². The number of nitro groups is 1. The second-order valence-electron chi connectivity index (χ2n) is 4.57. The van der Waals surface area contributed by atoms with E-state index in [1.165, 1.54) is 0 Å². The summed E-state index contributed by atoms with van der Waals surface area (Å²) in [6.07, 6.45) is 3.15. The van der Waals surface area contributed by atoms with Gasteiger partial charge in [-0.1, -0.05) is 13.3 Å². The number of aromatic nitrogens is 1. The molecule has 9 heteroatoms. The molecule has 0 radical (unpaired) electrons. The van der Waals surface area contributed by atoms with Crippen molar-refractivity contribution in [2.75, 3.05) is 17.2 Å². The van der Waals surface area contributed by atoms with Crippen molar-refractivity contribution in [3.63, 3.8) is 0 Å². The fourth-order valence-corrected chi connectivity index (χ4v) is 2.26. The lowest BCUT2D eigenvalue weighted by Gasteiger charge is -2.08. The van der Waals surface area contributed by atoms with E-state index in [0.29, 0.717) is 12.3 Å². The molecule has 0 bridgehead atoms. The van der Waals surface area contributed by atoms with Gasteiger partial charge in [0.25, 0.3) is 0 Å². The van der Waals surface area contributed by atoms with E-state index >= 15 is 0 Å². The Balaban J connectivity index is 1.85. The van der Waals surface area contributed by atoms with Gasteiger partial charge in [0.2, 0.25) is 0 Å². The summed E-state index contributed by atoms with van der Waals surface area (Å²) in [7, 11) is 0. The van der Waals surface area contributed by atoms with E-state index in [1.807, 2.05) is 0 Å². The molecular weight excluding hydrogens is 320 g/mol. The Morgan fingerprint density at radius 1 is 1.35 bits per heavy atom. The second-order valence-corrected chi connectivity index (χ2v) is 5.58. The van der Waals surface area contributed by atoms with E-state index in [1.54, 1.807) is 24.3 Å². The largest absolute Gasteiger partial charge is 0.494 e. The summed E-state index contributed by atoms with van der Waals surface area (Å²) in [5.41, 5.74) is 0.580.